The minimum Gasteiger partial charge on any atom is -0.420 e. The lowest BCUT2D eigenvalue weighted by atomic mass is 10.3. The molecule has 3 heteroatoms. The SMILES string of the molecule is [SiH3]OC1CCC=C1Cl. The van der Waals surface area contributed by atoms with Gasteiger partial charge in [-0.3, -0.25) is 0 Å². The fraction of sp³-hybridized carbons (Fsp3) is 0.600. The van der Waals surface area contributed by atoms with Crippen molar-refractivity contribution in [3.05, 3.63) is 11.1 Å². The van der Waals surface area contributed by atoms with Crippen molar-refractivity contribution in [2.45, 2.75) is 18.9 Å². The summed E-state index contributed by atoms with van der Waals surface area (Å²) in [6, 6.07) is 0. The molecule has 0 spiro atoms. The Morgan fingerprint density at radius 1 is 1.88 bits per heavy atom. The molecule has 0 aromatic carbocycles. The maximum absolute atomic E-state index is 5.74. The summed E-state index contributed by atoms with van der Waals surface area (Å²) < 4.78 is 5.16. The van der Waals surface area contributed by atoms with E-state index >= 15 is 0 Å². The predicted octanol–water partition coefficient (Wildman–Crippen LogP) is 0.569. The molecule has 46 valence electrons. The minimum atomic E-state index is 0.253. The van der Waals surface area contributed by atoms with Crippen LogP contribution in [0, 0.1) is 0 Å². The highest BCUT2D eigenvalue weighted by Gasteiger charge is 2.14. The van der Waals surface area contributed by atoms with E-state index in [0.29, 0.717) is 0 Å². The first-order chi connectivity index (χ1) is 3.84. The Labute approximate surface area is 57.2 Å². The predicted molar refractivity (Wildman–Crippen MR) is 38.0 cm³/mol. The molecule has 1 rings (SSSR count). The van der Waals surface area contributed by atoms with Crippen LogP contribution in [0.3, 0.4) is 0 Å². The standard InChI is InChI=1S/C5H9ClOSi/c6-4-2-1-3-5(4)7-8/h2,5H,1,3H2,8H3. The summed E-state index contributed by atoms with van der Waals surface area (Å²) in [7, 11) is 0.794. The second-order valence-electron chi connectivity index (χ2n) is 1.89. The third-order valence-corrected chi connectivity index (χ3v) is 2.33. The molecule has 0 aromatic rings. The van der Waals surface area contributed by atoms with Gasteiger partial charge in [-0.05, 0) is 12.8 Å². The van der Waals surface area contributed by atoms with Crippen molar-refractivity contribution in [1.29, 1.82) is 0 Å². The molecule has 0 amide bonds. The minimum absolute atomic E-state index is 0.253. The van der Waals surface area contributed by atoms with Gasteiger partial charge in [0.15, 0.2) is 0 Å². The van der Waals surface area contributed by atoms with E-state index in [9.17, 15) is 0 Å². The zero-order chi connectivity index (χ0) is 5.98. The fourth-order valence-electron chi connectivity index (χ4n) is 0.872. The molecule has 1 nitrogen and oxygen atoms in total. The molecular weight excluding hydrogens is 140 g/mol. The Morgan fingerprint density at radius 2 is 2.62 bits per heavy atom. The van der Waals surface area contributed by atoms with Gasteiger partial charge in [-0.25, -0.2) is 0 Å². The van der Waals surface area contributed by atoms with Crippen molar-refractivity contribution in [2.75, 3.05) is 0 Å². The molecule has 1 aliphatic rings. The lowest BCUT2D eigenvalue weighted by Gasteiger charge is -2.06. The van der Waals surface area contributed by atoms with Crippen molar-refractivity contribution in [3.63, 3.8) is 0 Å². The Hall–Kier alpha value is 0.207. The van der Waals surface area contributed by atoms with Gasteiger partial charge in [-0.2, -0.15) is 0 Å². The maximum atomic E-state index is 5.74. The van der Waals surface area contributed by atoms with Crippen LogP contribution in [0.15, 0.2) is 11.1 Å². The molecule has 0 bridgehead atoms. The number of halogens is 1. The van der Waals surface area contributed by atoms with E-state index in [-0.39, 0.29) is 6.10 Å². The normalized spacial score (nSPS) is 28.6. The van der Waals surface area contributed by atoms with Crippen LogP contribution in [0.5, 0.6) is 0 Å². The lowest BCUT2D eigenvalue weighted by molar-refractivity contribution is 0.269. The van der Waals surface area contributed by atoms with Crippen LogP contribution < -0.4 is 0 Å². The summed E-state index contributed by atoms with van der Waals surface area (Å²) in [5.74, 6) is 0. The summed E-state index contributed by atoms with van der Waals surface area (Å²) in [6.45, 7) is 0. The summed E-state index contributed by atoms with van der Waals surface area (Å²) >= 11 is 5.74. The molecule has 1 aliphatic carbocycles. The molecule has 0 heterocycles. The first-order valence-corrected chi connectivity index (χ1v) is 3.92. The number of hydrogen-bond donors (Lipinski definition) is 0. The van der Waals surface area contributed by atoms with Crippen molar-refractivity contribution < 1.29 is 4.43 Å². The van der Waals surface area contributed by atoms with Crippen LogP contribution in [0.2, 0.25) is 0 Å². The molecule has 1 unspecified atom stereocenters. The van der Waals surface area contributed by atoms with Crippen LogP contribution >= 0.6 is 11.6 Å². The van der Waals surface area contributed by atoms with Gasteiger partial charge in [0.1, 0.15) is 10.5 Å². The molecule has 0 fully saturated rings. The molecular formula is C5H9ClOSi. The summed E-state index contributed by atoms with van der Waals surface area (Å²) in [6.07, 6.45) is 4.46. The van der Waals surface area contributed by atoms with E-state index in [1.165, 1.54) is 0 Å². The zero-order valence-corrected chi connectivity index (χ0v) is 7.61. The van der Waals surface area contributed by atoms with Crippen molar-refractivity contribution in [2.24, 2.45) is 0 Å². The van der Waals surface area contributed by atoms with Crippen molar-refractivity contribution in [3.8, 4) is 0 Å². The smallest absolute Gasteiger partial charge is 0.146 e. The van der Waals surface area contributed by atoms with Crippen LogP contribution in [0.25, 0.3) is 0 Å². The quantitative estimate of drug-likeness (QED) is 0.494. The number of hydrogen-bond acceptors (Lipinski definition) is 1. The Kier molecular flexibility index (Phi) is 2.11. The molecule has 0 N–H and O–H groups in total. The van der Waals surface area contributed by atoms with Crippen LogP contribution in [0.1, 0.15) is 12.8 Å². The average Bonchev–Trinajstić information content (AvgIpc) is 2.14. The summed E-state index contributed by atoms with van der Waals surface area (Å²) in [5, 5.41) is 0.903. The van der Waals surface area contributed by atoms with Gasteiger partial charge in [0.2, 0.25) is 0 Å². The lowest BCUT2D eigenvalue weighted by Crippen LogP contribution is -2.05. The highest BCUT2D eigenvalue weighted by molar-refractivity contribution is 6.30. The number of rotatable bonds is 1. The van der Waals surface area contributed by atoms with Gasteiger partial charge < -0.3 is 4.43 Å². The molecule has 0 saturated carbocycles. The first-order valence-electron chi connectivity index (χ1n) is 2.73. The van der Waals surface area contributed by atoms with E-state index < -0.39 is 0 Å². The van der Waals surface area contributed by atoms with Crippen molar-refractivity contribution >= 4 is 22.1 Å². The Morgan fingerprint density at radius 3 is 2.88 bits per heavy atom. The van der Waals surface area contributed by atoms with Gasteiger partial charge in [0.05, 0.1) is 6.10 Å². The van der Waals surface area contributed by atoms with E-state index in [2.05, 4.69) is 0 Å². The van der Waals surface area contributed by atoms with Crippen molar-refractivity contribution in [1.82, 2.24) is 0 Å². The Balaban J connectivity index is 2.46. The topological polar surface area (TPSA) is 9.23 Å². The number of allylic oxidation sites excluding steroid dienone is 1. The van der Waals surface area contributed by atoms with Gasteiger partial charge in [0, 0.05) is 5.03 Å². The van der Waals surface area contributed by atoms with Gasteiger partial charge >= 0.3 is 0 Å². The van der Waals surface area contributed by atoms with E-state index in [1.807, 2.05) is 6.08 Å². The second kappa shape index (κ2) is 2.67. The molecule has 0 aliphatic heterocycles. The average molecular weight is 149 g/mol. The van der Waals surface area contributed by atoms with Crippen LogP contribution in [0.4, 0.5) is 0 Å². The largest absolute Gasteiger partial charge is 0.420 e. The molecule has 0 saturated heterocycles. The third-order valence-electron chi connectivity index (χ3n) is 1.36. The summed E-state index contributed by atoms with van der Waals surface area (Å²) in [5.41, 5.74) is 0. The highest BCUT2D eigenvalue weighted by Crippen LogP contribution is 2.23. The maximum Gasteiger partial charge on any atom is 0.146 e. The molecule has 8 heavy (non-hydrogen) atoms. The summed E-state index contributed by atoms with van der Waals surface area (Å²) in [4.78, 5) is 0. The zero-order valence-electron chi connectivity index (χ0n) is 4.86. The molecule has 0 aromatic heterocycles. The fourth-order valence-corrected chi connectivity index (χ4v) is 1.82. The van der Waals surface area contributed by atoms with Gasteiger partial charge in [-0.15, -0.1) is 0 Å². The Bertz CT molecular complexity index is 113. The highest BCUT2D eigenvalue weighted by atomic mass is 35.5. The second-order valence-corrected chi connectivity index (χ2v) is 2.80. The van der Waals surface area contributed by atoms with Gasteiger partial charge in [0.25, 0.3) is 0 Å². The van der Waals surface area contributed by atoms with Gasteiger partial charge in [-0.1, -0.05) is 17.7 Å². The molecule has 0 radical (unpaired) electrons. The molecule has 1 atom stereocenters. The van der Waals surface area contributed by atoms with Crippen LogP contribution in [-0.2, 0) is 4.43 Å². The van der Waals surface area contributed by atoms with Crippen LogP contribution in [-0.4, -0.2) is 16.6 Å². The van der Waals surface area contributed by atoms with E-state index in [0.717, 1.165) is 28.4 Å². The van der Waals surface area contributed by atoms with E-state index in [4.69, 9.17) is 16.0 Å². The van der Waals surface area contributed by atoms with E-state index in [1.54, 1.807) is 0 Å². The third kappa shape index (κ3) is 1.13. The first kappa shape index (κ1) is 6.33. The monoisotopic (exact) mass is 148 g/mol.